The van der Waals surface area contributed by atoms with Crippen molar-refractivity contribution >= 4 is 18.3 Å². The lowest BCUT2D eigenvalue weighted by Gasteiger charge is -2.34. The van der Waals surface area contributed by atoms with Crippen LogP contribution in [0.25, 0.3) is 11.4 Å². The monoisotopic (exact) mass is 419 g/mol. The molecule has 1 aliphatic heterocycles. The molecule has 2 heterocycles. The Morgan fingerprint density at radius 1 is 1.29 bits per heavy atom. The number of alkyl halides is 3. The van der Waals surface area contributed by atoms with E-state index < -0.39 is 17.8 Å². The van der Waals surface area contributed by atoms with Crippen LogP contribution in [0.2, 0.25) is 0 Å². The van der Waals surface area contributed by atoms with Crippen LogP contribution >= 0.6 is 12.4 Å². The van der Waals surface area contributed by atoms with Gasteiger partial charge in [-0.05, 0) is 19.1 Å². The zero-order chi connectivity index (χ0) is 19.6. The topological polar surface area (TPSA) is 88.5 Å². The molecule has 1 amide bonds. The molecule has 28 heavy (non-hydrogen) atoms. The van der Waals surface area contributed by atoms with Gasteiger partial charge in [-0.2, -0.15) is 18.2 Å². The lowest BCUT2D eigenvalue weighted by molar-refractivity contribution is -0.137. The number of halogens is 4. The van der Waals surface area contributed by atoms with E-state index in [4.69, 9.17) is 10.3 Å². The molecule has 0 saturated carbocycles. The first-order chi connectivity index (χ1) is 12.7. The van der Waals surface area contributed by atoms with Gasteiger partial charge in [-0.1, -0.05) is 17.3 Å². The summed E-state index contributed by atoms with van der Waals surface area (Å²) in [5.74, 6) is 0.343. The van der Waals surface area contributed by atoms with Gasteiger partial charge in [-0.25, -0.2) is 0 Å². The first kappa shape index (κ1) is 22.1. The molecule has 1 unspecified atom stereocenters. The Labute approximate surface area is 166 Å². The quantitative estimate of drug-likeness (QED) is 0.817. The molecular weight excluding hydrogens is 399 g/mol. The number of hydrogen-bond donors (Lipinski definition) is 1. The standard InChI is InChI=1S/C17H20F3N5O2.ClH/c1-11(21)16(26)25-7-5-24(6-8-25)10-14-22-15(23-27-14)12-3-2-4-13(9-12)17(18,19)20;/h2-4,9,11H,5-8,10,21H2,1H3;1H. The van der Waals surface area contributed by atoms with Crippen molar-refractivity contribution in [3.8, 4) is 11.4 Å². The number of nitrogens with zero attached hydrogens (tertiary/aromatic N) is 4. The molecule has 1 saturated heterocycles. The van der Waals surface area contributed by atoms with Crippen molar-refractivity contribution < 1.29 is 22.5 Å². The fraction of sp³-hybridized carbons (Fsp3) is 0.471. The second-order valence-electron chi connectivity index (χ2n) is 6.48. The second-order valence-corrected chi connectivity index (χ2v) is 6.48. The van der Waals surface area contributed by atoms with Crippen LogP contribution in [0.1, 0.15) is 18.4 Å². The number of amides is 1. The van der Waals surface area contributed by atoms with Crippen LogP contribution in [0.4, 0.5) is 13.2 Å². The lowest BCUT2D eigenvalue weighted by atomic mass is 10.1. The minimum absolute atomic E-state index is 0. The highest BCUT2D eigenvalue weighted by molar-refractivity contribution is 5.85. The van der Waals surface area contributed by atoms with Crippen molar-refractivity contribution in [3.63, 3.8) is 0 Å². The molecule has 0 spiro atoms. The highest BCUT2D eigenvalue weighted by Gasteiger charge is 2.31. The van der Waals surface area contributed by atoms with Gasteiger partial charge in [-0.3, -0.25) is 9.69 Å². The van der Waals surface area contributed by atoms with Gasteiger partial charge in [0.25, 0.3) is 0 Å². The van der Waals surface area contributed by atoms with Gasteiger partial charge >= 0.3 is 6.18 Å². The molecule has 3 rings (SSSR count). The minimum atomic E-state index is -4.43. The van der Waals surface area contributed by atoms with Crippen LogP contribution < -0.4 is 5.73 Å². The van der Waals surface area contributed by atoms with E-state index in [9.17, 15) is 18.0 Å². The van der Waals surface area contributed by atoms with E-state index >= 15 is 0 Å². The molecule has 1 aromatic heterocycles. The second kappa shape index (κ2) is 8.89. The predicted octanol–water partition coefficient (Wildman–Crippen LogP) is 2.17. The van der Waals surface area contributed by atoms with Crippen LogP contribution in [-0.2, 0) is 17.5 Å². The van der Waals surface area contributed by atoms with E-state index in [1.54, 1.807) is 11.8 Å². The number of carbonyl (C=O) groups excluding carboxylic acids is 1. The van der Waals surface area contributed by atoms with Crippen molar-refractivity contribution in [2.45, 2.75) is 25.7 Å². The van der Waals surface area contributed by atoms with Crippen molar-refractivity contribution in [1.82, 2.24) is 19.9 Å². The average molecular weight is 420 g/mol. The fourth-order valence-electron chi connectivity index (χ4n) is 2.88. The first-order valence-electron chi connectivity index (χ1n) is 8.51. The smallest absolute Gasteiger partial charge is 0.339 e. The summed E-state index contributed by atoms with van der Waals surface area (Å²) in [4.78, 5) is 19.8. The summed E-state index contributed by atoms with van der Waals surface area (Å²) in [6, 6.07) is 4.27. The summed E-state index contributed by atoms with van der Waals surface area (Å²) >= 11 is 0. The maximum absolute atomic E-state index is 12.8. The van der Waals surface area contributed by atoms with Gasteiger partial charge in [0.15, 0.2) is 0 Å². The lowest BCUT2D eigenvalue weighted by Crippen LogP contribution is -2.52. The van der Waals surface area contributed by atoms with Gasteiger partial charge in [-0.15, -0.1) is 12.4 Å². The van der Waals surface area contributed by atoms with E-state index in [1.165, 1.54) is 12.1 Å². The molecule has 154 valence electrons. The van der Waals surface area contributed by atoms with Crippen LogP contribution in [-0.4, -0.2) is 58.1 Å². The normalized spacial score (nSPS) is 16.5. The molecule has 2 aromatic rings. The molecule has 1 atom stereocenters. The van der Waals surface area contributed by atoms with E-state index in [1.807, 2.05) is 4.90 Å². The van der Waals surface area contributed by atoms with Gasteiger partial charge < -0.3 is 15.2 Å². The summed E-state index contributed by atoms with van der Waals surface area (Å²) in [5, 5.41) is 3.78. The van der Waals surface area contributed by atoms with Crippen LogP contribution in [0.3, 0.4) is 0 Å². The minimum Gasteiger partial charge on any atom is -0.339 e. The molecule has 0 bridgehead atoms. The number of hydrogen-bond acceptors (Lipinski definition) is 6. The molecular formula is C17H21ClF3N5O2. The van der Waals surface area contributed by atoms with Crippen molar-refractivity contribution in [1.29, 1.82) is 0 Å². The SMILES string of the molecule is CC(N)C(=O)N1CCN(Cc2nc(-c3cccc(C(F)(F)F)c3)no2)CC1.Cl. The third-order valence-corrected chi connectivity index (χ3v) is 4.35. The first-order valence-corrected chi connectivity index (χ1v) is 8.51. The molecule has 11 heteroatoms. The Bertz CT molecular complexity index is 804. The Kier molecular flexibility index (Phi) is 7.02. The fourth-order valence-corrected chi connectivity index (χ4v) is 2.88. The maximum Gasteiger partial charge on any atom is 0.416 e. The molecule has 1 fully saturated rings. The largest absolute Gasteiger partial charge is 0.416 e. The number of carbonyl (C=O) groups is 1. The van der Waals surface area contributed by atoms with Crippen molar-refractivity contribution in [2.75, 3.05) is 26.2 Å². The number of nitrogens with two attached hydrogens (primary N) is 1. The van der Waals surface area contributed by atoms with Gasteiger partial charge in [0.1, 0.15) is 0 Å². The summed E-state index contributed by atoms with van der Waals surface area (Å²) < 4.78 is 43.7. The zero-order valence-electron chi connectivity index (χ0n) is 15.1. The zero-order valence-corrected chi connectivity index (χ0v) is 16.0. The highest BCUT2D eigenvalue weighted by Crippen LogP contribution is 2.31. The molecule has 0 aliphatic carbocycles. The number of piperazine rings is 1. The van der Waals surface area contributed by atoms with Gasteiger partial charge in [0, 0.05) is 31.7 Å². The van der Waals surface area contributed by atoms with E-state index in [2.05, 4.69) is 10.1 Å². The highest BCUT2D eigenvalue weighted by atomic mass is 35.5. The Morgan fingerprint density at radius 2 is 1.96 bits per heavy atom. The summed E-state index contributed by atoms with van der Waals surface area (Å²) in [5.41, 5.74) is 5.09. The summed E-state index contributed by atoms with van der Waals surface area (Å²) in [6.07, 6.45) is -4.43. The summed E-state index contributed by atoms with van der Waals surface area (Å²) in [7, 11) is 0. The molecule has 2 N–H and O–H groups in total. The van der Waals surface area contributed by atoms with Gasteiger partial charge in [0.2, 0.25) is 17.6 Å². The Hall–Kier alpha value is -2.17. The van der Waals surface area contributed by atoms with Gasteiger partial charge in [0.05, 0.1) is 18.2 Å². The number of rotatable bonds is 4. The molecule has 1 aliphatic rings. The van der Waals surface area contributed by atoms with Crippen LogP contribution in [0.5, 0.6) is 0 Å². The van der Waals surface area contributed by atoms with E-state index in [0.29, 0.717) is 38.6 Å². The summed E-state index contributed by atoms with van der Waals surface area (Å²) in [6.45, 7) is 4.37. The molecule has 7 nitrogen and oxygen atoms in total. The van der Waals surface area contributed by atoms with Crippen LogP contribution in [0.15, 0.2) is 28.8 Å². The van der Waals surface area contributed by atoms with E-state index in [0.717, 1.165) is 12.1 Å². The van der Waals surface area contributed by atoms with E-state index in [-0.39, 0.29) is 29.7 Å². The number of aromatic nitrogens is 2. The Morgan fingerprint density at radius 3 is 2.57 bits per heavy atom. The maximum atomic E-state index is 12.8. The Balaban J connectivity index is 0.00000280. The average Bonchev–Trinajstić information content (AvgIpc) is 3.09. The third-order valence-electron chi connectivity index (χ3n) is 4.35. The molecule has 0 radical (unpaired) electrons. The number of benzene rings is 1. The van der Waals surface area contributed by atoms with Crippen molar-refractivity contribution in [3.05, 3.63) is 35.7 Å². The third kappa shape index (κ3) is 5.21. The van der Waals surface area contributed by atoms with Crippen molar-refractivity contribution in [2.24, 2.45) is 5.73 Å². The molecule has 1 aromatic carbocycles. The van der Waals surface area contributed by atoms with Crippen LogP contribution in [0, 0.1) is 0 Å². The predicted molar refractivity (Wildman–Crippen MR) is 97.5 cm³/mol.